The molecule has 3 N–H and O–H groups in total. The lowest BCUT2D eigenvalue weighted by Gasteiger charge is -2.35. The van der Waals surface area contributed by atoms with E-state index < -0.39 is 11.6 Å². The highest BCUT2D eigenvalue weighted by molar-refractivity contribution is 5.90. The van der Waals surface area contributed by atoms with Crippen LogP contribution < -0.4 is 15.7 Å². The average Bonchev–Trinajstić information content (AvgIpc) is 3.10. The number of piperidine rings is 1. The summed E-state index contributed by atoms with van der Waals surface area (Å²) >= 11 is 0. The fraction of sp³-hybridized carbons (Fsp3) is 0.471. The quantitative estimate of drug-likeness (QED) is 0.726. The topological polar surface area (TPSA) is 103 Å². The number of methoxy groups -OCH3 is 1. The van der Waals surface area contributed by atoms with Gasteiger partial charge in [-0.2, -0.15) is 0 Å². The van der Waals surface area contributed by atoms with Crippen LogP contribution in [0, 0.1) is 0 Å². The summed E-state index contributed by atoms with van der Waals surface area (Å²) in [6, 6.07) is 7.99. The summed E-state index contributed by atoms with van der Waals surface area (Å²) in [5.41, 5.74) is 0.631. The molecule has 3 rings (SSSR count). The molecular weight excluding hydrogens is 322 g/mol. The van der Waals surface area contributed by atoms with E-state index in [4.69, 9.17) is 4.74 Å². The molecule has 8 nitrogen and oxygen atoms in total. The summed E-state index contributed by atoms with van der Waals surface area (Å²) in [4.78, 5) is 28.0. The van der Waals surface area contributed by atoms with Gasteiger partial charge in [0.2, 0.25) is 5.82 Å². The van der Waals surface area contributed by atoms with Crippen molar-refractivity contribution >= 4 is 5.91 Å². The van der Waals surface area contributed by atoms with Gasteiger partial charge >= 0.3 is 5.69 Å². The molecule has 134 valence electrons. The number of hydrogen-bond acceptors (Lipinski definition) is 5. The Morgan fingerprint density at radius 2 is 2.00 bits per heavy atom. The number of nitrogens with one attached hydrogen (secondary N) is 3. The van der Waals surface area contributed by atoms with Crippen LogP contribution in [-0.4, -0.2) is 52.7 Å². The number of likely N-dealkylation sites (tertiary alicyclic amines) is 1. The number of H-pyrrole nitrogens is 2. The van der Waals surface area contributed by atoms with E-state index in [-0.39, 0.29) is 11.9 Å². The third-order valence-corrected chi connectivity index (χ3v) is 4.50. The smallest absolute Gasteiger partial charge is 0.341 e. The maximum absolute atomic E-state index is 12.2. The zero-order valence-corrected chi connectivity index (χ0v) is 14.2. The first-order valence-electron chi connectivity index (χ1n) is 8.48. The van der Waals surface area contributed by atoms with E-state index in [2.05, 4.69) is 25.4 Å². The van der Waals surface area contributed by atoms with Crippen LogP contribution in [0.4, 0.5) is 0 Å². The zero-order chi connectivity index (χ0) is 17.6. The van der Waals surface area contributed by atoms with Gasteiger partial charge in [0, 0.05) is 6.54 Å². The molecule has 1 unspecified atom stereocenters. The Labute approximate surface area is 145 Å². The van der Waals surface area contributed by atoms with Crippen molar-refractivity contribution in [1.82, 2.24) is 25.4 Å². The monoisotopic (exact) mass is 345 g/mol. The molecular formula is C17H23N5O3. The predicted octanol–water partition coefficient (Wildman–Crippen LogP) is 1.06. The van der Waals surface area contributed by atoms with Crippen LogP contribution in [-0.2, 0) is 0 Å². The maximum atomic E-state index is 12.2. The van der Waals surface area contributed by atoms with Crippen molar-refractivity contribution < 1.29 is 9.53 Å². The minimum absolute atomic E-state index is 0.00266. The van der Waals surface area contributed by atoms with Crippen LogP contribution in [0.3, 0.4) is 0 Å². The Kier molecular flexibility index (Phi) is 5.49. The Bertz CT molecular complexity index is 746. The second kappa shape index (κ2) is 7.98. The molecule has 1 aromatic heterocycles. The number of aromatic nitrogens is 3. The molecule has 2 aromatic rings. The standard InChI is InChI=1S/C17H23N5O3/c1-25-13-7-5-12(6-8-13)14(22-9-3-2-4-10-22)11-18-16(23)15-19-17(24)21-20-15/h5-8,14H,2-4,9-11H2,1H3,(H,18,23)(H2,19,20,21,24). The number of carbonyl (C=O) groups is 1. The highest BCUT2D eigenvalue weighted by Crippen LogP contribution is 2.25. The first kappa shape index (κ1) is 17.2. The summed E-state index contributed by atoms with van der Waals surface area (Å²) < 4.78 is 5.22. The van der Waals surface area contributed by atoms with Gasteiger partial charge in [-0.3, -0.25) is 14.7 Å². The number of amides is 1. The van der Waals surface area contributed by atoms with Gasteiger partial charge in [0.05, 0.1) is 13.2 Å². The Morgan fingerprint density at radius 3 is 2.60 bits per heavy atom. The number of hydrogen-bond donors (Lipinski definition) is 3. The number of ether oxygens (including phenoxy) is 1. The molecule has 0 bridgehead atoms. The average molecular weight is 345 g/mol. The van der Waals surface area contributed by atoms with Gasteiger partial charge in [0.25, 0.3) is 5.91 Å². The van der Waals surface area contributed by atoms with Crippen LogP contribution in [0.5, 0.6) is 5.75 Å². The van der Waals surface area contributed by atoms with Gasteiger partial charge in [-0.1, -0.05) is 18.6 Å². The molecule has 0 saturated carbocycles. The second-order valence-corrected chi connectivity index (χ2v) is 6.12. The van der Waals surface area contributed by atoms with Crippen molar-refractivity contribution in [3.63, 3.8) is 0 Å². The molecule has 1 fully saturated rings. The number of nitrogens with zero attached hydrogens (tertiary/aromatic N) is 2. The minimum atomic E-state index is -0.493. The van der Waals surface area contributed by atoms with Gasteiger partial charge in [0.1, 0.15) is 5.75 Å². The van der Waals surface area contributed by atoms with E-state index in [0.717, 1.165) is 37.2 Å². The fourth-order valence-corrected chi connectivity index (χ4v) is 3.16. The van der Waals surface area contributed by atoms with Crippen LogP contribution in [0.25, 0.3) is 0 Å². The summed E-state index contributed by atoms with van der Waals surface area (Å²) in [5, 5.41) is 8.74. The van der Waals surface area contributed by atoms with Crippen molar-refractivity contribution in [2.45, 2.75) is 25.3 Å². The Hall–Kier alpha value is -2.61. The van der Waals surface area contributed by atoms with E-state index in [1.54, 1.807) is 7.11 Å². The van der Waals surface area contributed by atoms with E-state index in [1.165, 1.54) is 6.42 Å². The Balaban J connectivity index is 1.73. The van der Waals surface area contributed by atoms with Crippen molar-refractivity contribution in [2.24, 2.45) is 0 Å². The lowest BCUT2D eigenvalue weighted by Crippen LogP contribution is -2.40. The van der Waals surface area contributed by atoms with Gasteiger partial charge in [-0.05, 0) is 43.6 Å². The lowest BCUT2D eigenvalue weighted by atomic mass is 10.0. The number of carbonyl (C=O) groups excluding carboxylic acids is 1. The van der Waals surface area contributed by atoms with E-state index >= 15 is 0 Å². The van der Waals surface area contributed by atoms with Crippen LogP contribution in [0.1, 0.15) is 41.5 Å². The van der Waals surface area contributed by atoms with Crippen LogP contribution in [0.2, 0.25) is 0 Å². The molecule has 8 heteroatoms. The largest absolute Gasteiger partial charge is 0.497 e. The van der Waals surface area contributed by atoms with Gasteiger partial charge in [0.15, 0.2) is 0 Å². The Morgan fingerprint density at radius 1 is 1.28 bits per heavy atom. The van der Waals surface area contributed by atoms with Crippen molar-refractivity contribution in [3.05, 3.63) is 46.1 Å². The first-order valence-corrected chi connectivity index (χ1v) is 8.48. The summed E-state index contributed by atoms with van der Waals surface area (Å²) in [5.74, 6) is 0.408. The molecule has 0 aliphatic carbocycles. The summed E-state index contributed by atoms with van der Waals surface area (Å²) in [6.07, 6.45) is 3.56. The number of aromatic amines is 2. The summed E-state index contributed by atoms with van der Waals surface area (Å²) in [7, 11) is 1.64. The van der Waals surface area contributed by atoms with E-state index in [0.29, 0.717) is 6.54 Å². The third kappa shape index (κ3) is 4.27. The molecule has 1 amide bonds. The van der Waals surface area contributed by atoms with E-state index in [9.17, 15) is 9.59 Å². The molecule has 2 heterocycles. The second-order valence-electron chi connectivity index (χ2n) is 6.12. The normalized spacial score (nSPS) is 16.4. The van der Waals surface area contributed by atoms with Crippen molar-refractivity contribution in [1.29, 1.82) is 0 Å². The summed E-state index contributed by atoms with van der Waals surface area (Å²) in [6.45, 7) is 2.46. The minimum Gasteiger partial charge on any atom is -0.497 e. The molecule has 1 atom stereocenters. The van der Waals surface area contributed by atoms with Gasteiger partial charge in [-0.15, -0.1) is 5.10 Å². The molecule has 1 aromatic carbocycles. The van der Waals surface area contributed by atoms with Crippen LogP contribution >= 0.6 is 0 Å². The predicted molar refractivity (Wildman–Crippen MR) is 92.7 cm³/mol. The molecule has 1 aliphatic heterocycles. The zero-order valence-electron chi connectivity index (χ0n) is 14.2. The molecule has 25 heavy (non-hydrogen) atoms. The molecule has 1 saturated heterocycles. The SMILES string of the molecule is COc1ccc(C(CNC(=O)c2n[nH]c(=O)[nH]2)N2CCCCC2)cc1. The van der Waals surface area contributed by atoms with Crippen molar-refractivity contribution in [2.75, 3.05) is 26.7 Å². The van der Waals surface area contributed by atoms with Gasteiger partial charge in [-0.25, -0.2) is 9.89 Å². The lowest BCUT2D eigenvalue weighted by molar-refractivity contribution is 0.0914. The highest BCUT2D eigenvalue weighted by Gasteiger charge is 2.23. The van der Waals surface area contributed by atoms with Crippen LogP contribution in [0.15, 0.2) is 29.1 Å². The first-order chi connectivity index (χ1) is 12.2. The number of rotatable bonds is 6. The maximum Gasteiger partial charge on any atom is 0.341 e. The van der Waals surface area contributed by atoms with Crippen molar-refractivity contribution in [3.8, 4) is 5.75 Å². The third-order valence-electron chi connectivity index (χ3n) is 4.50. The van der Waals surface area contributed by atoms with Gasteiger partial charge < -0.3 is 10.1 Å². The number of benzene rings is 1. The fourth-order valence-electron chi connectivity index (χ4n) is 3.16. The molecule has 0 radical (unpaired) electrons. The molecule has 1 aliphatic rings. The highest BCUT2D eigenvalue weighted by atomic mass is 16.5. The van der Waals surface area contributed by atoms with E-state index in [1.807, 2.05) is 24.3 Å². The molecule has 0 spiro atoms.